The van der Waals surface area contributed by atoms with Crippen LogP contribution < -0.4 is 5.73 Å². The highest BCUT2D eigenvalue weighted by molar-refractivity contribution is 5.93. The smallest absolute Gasteiger partial charge is 0.270 e. The minimum absolute atomic E-state index is 0.150. The van der Waals surface area contributed by atoms with Gasteiger partial charge in [-0.15, -0.1) is 0 Å². The predicted molar refractivity (Wildman–Crippen MR) is 81.7 cm³/mol. The van der Waals surface area contributed by atoms with E-state index in [9.17, 15) is 4.79 Å². The van der Waals surface area contributed by atoms with Crippen LogP contribution in [-0.2, 0) is 0 Å². The summed E-state index contributed by atoms with van der Waals surface area (Å²) in [4.78, 5) is 14.9. The molecule has 2 unspecified atom stereocenters. The van der Waals surface area contributed by atoms with E-state index < -0.39 is 0 Å². The molecule has 1 aliphatic carbocycles. The van der Waals surface area contributed by atoms with Crippen molar-refractivity contribution in [3.05, 3.63) is 24.0 Å². The van der Waals surface area contributed by atoms with Gasteiger partial charge in [-0.05, 0) is 58.2 Å². The Balaban J connectivity index is 2.23. The fourth-order valence-corrected chi connectivity index (χ4v) is 3.40. The Morgan fingerprint density at radius 2 is 2.25 bits per heavy atom. The van der Waals surface area contributed by atoms with E-state index in [0.717, 1.165) is 25.1 Å². The van der Waals surface area contributed by atoms with Crippen molar-refractivity contribution >= 4 is 5.91 Å². The van der Waals surface area contributed by atoms with Crippen LogP contribution in [0, 0.1) is 5.92 Å². The number of aromatic nitrogens is 1. The summed E-state index contributed by atoms with van der Waals surface area (Å²) in [7, 11) is 0. The molecule has 0 aromatic carbocycles. The van der Waals surface area contributed by atoms with Crippen molar-refractivity contribution in [2.24, 2.45) is 11.7 Å². The summed E-state index contributed by atoms with van der Waals surface area (Å²) < 4.78 is 2.05. The zero-order valence-electron chi connectivity index (χ0n) is 12.9. The monoisotopic (exact) mass is 277 g/mol. The number of nitrogens with two attached hydrogens (primary N) is 1. The van der Waals surface area contributed by atoms with E-state index in [1.54, 1.807) is 0 Å². The van der Waals surface area contributed by atoms with Crippen molar-refractivity contribution < 1.29 is 4.79 Å². The summed E-state index contributed by atoms with van der Waals surface area (Å²) in [5.74, 6) is 0.609. The average Bonchev–Trinajstić information content (AvgIpc) is 3.08. The highest BCUT2D eigenvalue weighted by Crippen LogP contribution is 2.30. The van der Waals surface area contributed by atoms with Crippen molar-refractivity contribution in [1.82, 2.24) is 9.47 Å². The molecule has 2 atom stereocenters. The average molecular weight is 277 g/mol. The molecule has 1 aromatic heterocycles. The largest absolute Gasteiger partial charge is 0.341 e. The Morgan fingerprint density at radius 3 is 2.85 bits per heavy atom. The third-order valence-corrected chi connectivity index (χ3v) is 4.48. The summed E-state index contributed by atoms with van der Waals surface area (Å²) in [6.07, 6.45) is 5.41. The Morgan fingerprint density at radius 1 is 1.50 bits per heavy atom. The van der Waals surface area contributed by atoms with E-state index in [0.29, 0.717) is 24.5 Å². The number of amides is 1. The highest BCUT2D eigenvalue weighted by Gasteiger charge is 2.34. The molecule has 2 N–H and O–H groups in total. The third kappa shape index (κ3) is 2.75. The van der Waals surface area contributed by atoms with E-state index in [-0.39, 0.29) is 5.91 Å². The first kappa shape index (κ1) is 15.1. The lowest BCUT2D eigenvalue weighted by Gasteiger charge is -2.32. The molecule has 1 fully saturated rings. The van der Waals surface area contributed by atoms with Crippen molar-refractivity contribution in [3.63, 3.8) is 0 Å². The number of carbonyl (C=O) groups excluding carboxylic acids is 1. The van der Waals surface area contributed by atoms with Gasteiger partial charge in [-0.2, -0.15) is 0 Å². The molecule has 112 valence electrons. The lowest BCUT2D eigenvalue weighted by atomic mass is 10.0. The van der Waals surface area contributed by atoms with Gasteiger partial charge in [0.15, 0.2) is 0 Å². The van der Waals surface area contributed by atoms with Crippen molar-refractivity contribution in [2.45, 2.75) is 52.1 Å². The van der Waals surface area contributed by atoms with Crippen molar-refractivity contribution in [3.8, 4) is 0 Å². The standard InChI is InChI=1S/C16H27N3O/c1-4-18(14-8-5-7-13(14)11-17)16(20)15-9-6-10-19(15)12(2)3/h6,9-10,12-14H,4-5,7-8,11,17H2,1-3H3. The van der Waals surface area contributed by atoms with Crippen molar-refractivity contribution in [1.29, 1.82) is 0 Å². The van der Waals surface area contributed by atoms with Gasteiger partial charge in [-0.1, -0.05) is 6.42 Å². The second-order valence-corrected chi connectivity index (χ2v) is 5.98. The van der Waals surface area contributed by atoms with Crippen LogP contribution in [0.3, 0.4) is 0 Å². The Kier molecular flexibility index (Phi) is 4.86. The van der Waals surface area contributed by atoms with E-state index in [2.05, 4.69) is 25.3 Å². The molecule has 20 heavy (non-hydrogen) atoms. The number of hydrogen-bond acceptors (Lipinski definition) is 2. The first-order valence-corrected chi connectivity index (χ1v) is 7.78. The zero-order valence-corrected chi connectivity index (χ0v) is 12.9. The number of nitrogens with zero attached hydrogens (tertiary/aromatic N) is 2. The Labute approximate surface area is 121 Å². The SMILES string of the molecule is CCN(C(=O)c1cccn1C(C)C)C1CCCC1CN. The Bertz CT molecular complexity index is 452. The minimum Gasteiger partial charge on any atom is -0.341 e. The van der Waals surface area contributed by atoms with Gasteiger partial charge in [0.05, 0.1) is 0 Å². The fraction of sp³-hybridized carbons (Fsp3) is 0.688. The maximum Gasteiger partial charge on any atom is 0.270 e. The van der Waals surface area contributed by atoms with E-state index in [4.69, 9.17) is 5.73 Å². The molecule has 4 nitrogen and oxygen atoms in total. The maximum atomic E-state index is 12.9. The summed E-state index contributed by atoms with van der Waals surface area (Å²) in [6, 6.07) is 4.50. The van der Waals surface area contributed by atoms with Gasteiger partial charge >= 0.3 is 0 Å². The molecule has 1 amide bonds. The van der Waals surface area contributed by atoms with Crippen LogP contribution in [0.1, 0.15) is 56.6 Å². The molecule has 1 aromatic rings. The molecule has 0 bridgehead atoms. The van der Waals surface area contributed by atoms with Crippen LogP contribution in [0.2, 0.25) is 0 Å². The molecule has 1 saturated carbocycles. The molecule has 4 heteroatoms. The molecular formula is C16H27N3O. The van der Waals surface area contributed by atoms with E-state index in [1.165, 1.54) is 6.42 Å². The summed E-state index contributed by atoms with van der Waals surface area (Å²) >= 11 is 0. The molecule has 1 aliphatic rings. The third-order valence-electron chi connectivity index (χ3n) is 4.48. The second-order valence-electron chi connectivity index (χ2n) is 5.98. The van der Waals surface area contributed by atoms with Crippen LogP contribution in [0.25, 0.3) is 0 Å². The second kappa shape index (κ2) is 6.44. The molecule has 0 aliphatic heterocycles. The first-order chi connectivity index (χ1) is 9.60. The zero-order chi connectivity index (χ0) is 14.7. The van der Waals surface area contributed by atoms with Gasteiger partial charge in [0.2, 0.25) is 0 Å². The quantitative estimate of drug-likeness (QED) is 0.899. The molecular weight excluding hydrogens is 250 g/mol. The normalized spacial score (nSPS) is 22.4. The van der Waals surface area contributed by atoms with Crippen LogP contribution in [0.15, 0.2) is 18.3 Å². The Hall–Kier alpha value is -1.29. The van der Waals surface area contributed by atoms with E-state index in [1.807, 2.05) is 23.2 Å². The van der Waals surface area contributed by atoms with Gasteiger partial charge in [0, 0.05) is 24.8 Å². The van der Waals surface area contributed by atoms with Gasteiger partial charge in [0.1, 0.15) is 5.69 Å². The first-order valence-electron chi connectivity index (χ1n) is 7.78. The maximum absolute atomic E-state index is 12.9. The predicted octanol–water partition coefficient (Wildman–Crippen LogP) is 2.66. The molecule has 0 spiro atoms. The van der Waals surface area contributed by atoms with Crippen molar-refractivity contribution in [2.75, 3.05) is 13.1 Å². The molecule has 2 rings (SSSR count). The van der Waals surface area contributed by atoms with Crippen LogP contribution in [-0.4, -0.2) is 34.5 Å². The topological polar surface area (TPSA) is 51.3 Å². The number of carbonyl (C=O) groups is 1. The summed E-state index contributed by atoms with van der Waals surface area (Å²) in [5, 5.41) is 0. The minimum atomic E-state index is 0.150. The summed E-state index contributed by atoms with van der Waals surface area (Å²) in [6.45, 7) is 7.70. The fourth-order valence-electron chi connectivity index (χ4n) is 3.40. The number of rotatable bonds is 5. The van der Waals surface area contributed by atoms with Gasteiger partial charge < -0.3 is 15.2 Å². The van der Waals surface area contributed by atoms with Gasteiger partial charge in [0.25, 0.3) is 5.91 Å². The van der Waals surface area contributed by atoms with Crippen LogP contribution >= 0.6 is 0 Å². The summed E-state index contributed by atoms with van der Waals surface area (Å²) in [5.41, 5.74) is 6.67. The number of hydrogen-bond donors (Lipinski definition) is 1. The van der Waals surface area contributed by atoms with Crippen LogP contribution in [0.4, 0.5) is 0 Å². The van der Waals surface area contributed by atoms with E-state index >= 15 is 0 Å². The lowest BCUT2D eigenvalue weighted by molar-refractivity contribution is 0.0639. The molecule has 0 radical (unpaired) electrons. The van der Waals surface area contributed by atoms with Gasteiger partial charge in [-0.3, -0.25) is 4.79 Å². The van der Waals surface area contributed by atoms with Crippen LogP contribution in [0.5, 0.6) is 0 Å². The van der Waals surface area contributed by atoms with Gasteiger partial charge in [-0.25, -0.2) is 0 Å². The molecule has 0 saturated heterocycles. The highest BCUT2D eigenvalue weighted by atomic mass is 16.2. The lowest BCUT2D eigenvalue weighted by Crippen LogP contribution is -2.44. The molecule has 1 heterocycles.